The van der Waals surface area contributed by atoms with Crippen LogP contribution in [-0.2, 0) is 0 Å². The molecule has 100 valence electrons. The number of aromatic nitrogens is 2. The predicted octanol–water partition coefficient (Wildman–Crippen LogP) is 1.97. The van der Waals surface area contributed by atoms with E-state index in [-0.39, 0.29) is 0 Å². The Morgan fingerprint density at radius 1 is 1.21 bits per heavy atom. The topological polar surface area (TPSA) is 64.3 Å². The fourth-order valence-corrected chi connectivity index (χ4v) is 1.80. The van der Waals surface area contributed by atoms with Crippen LogP contribution in [0.4, 0.5) is 11.6 Å². The van der Waals surface area contributed by atoms with E-state index >= 15 is 0 Å². The molecule has 0 saturated heterocycles. The van der Waals surface area contributed by atoms with Gasteiger partial charge in [0.1, 0.15) is 5.75 Å². The minimum Gasteiger partial charge on any atom is -0.497 e. The highest BCUT2D eigenvalue weighted by molar-refractivity contribution is 5.59. The molecule has 1 heterocycles. The molecule has 2 rings (SSSR count). The molecule has 0 aliphatic heterocycles. The zero-order chi connectivity index (χ0) is 13.5. The van der Waals surface area contributed by atoms with Crippen LogP contribution >= 0.6 is 0 Å². The average molecular weight is 258 g/mol. The van der Waals surface area contributed by atoms with E-state index in [1.165, 1.54) is 0 Å². The van der Waals surface area contributed by atoms with E-state index < -0.39 is 0 Å². The van der Waals surface area contributed by atoms with Crippen LogP contribution in [0.1, 0.15) is 6.42 Å². The van der Waals surface area contributed by atoms with Gasteiger partial charge in [-0.25, -0.2) is 9.97 Å². The molecule has 1 aromatic heterocycles. The van der Waals surface area contributed by atoms with Gasteiger partial charge in [0, 0.05) is 30.7 Å². The normalized spacial score (nSPS) is 10.2. The summed E-state index contributed by atoms with van der Waals surface area (Å²) in [5.41, 5.74) is 6.60. The van der Waals surface area contributed by atoms with Crippen molar-refractivity contribution in [3.8, 4) is 5.75 Å². The number of hydrogen-bond donors (Lipinski definition) is 1. The summed E-state index contributed by atoms with van der Waals surface area (Å²) < 4.78 is 5.25. The highest BCUT2D eigenvalue weighted by Gasteiger charge is 2.11. The van der Waals surface area contributed by atoms with Crippen LogP contribution in [-0.4, -0.2) is 30.2 Å². The quantitative estimate of drug-likeness (QED) is 0.858. The van der Waals surface area contributed by atoms with Crippen molar-refractivity contribution < 1.29 is 4.74 Å². The molecule has 0 radical (unpaired) electrons. The third-order valence-corrected chi connectivity index (χ3v) is 2.74. The zero-order valence-electron chi connectivity index (χ0n) is 11.0. The molecule has 0 saturated carbocycles. The summed E-state index contributed by atoms with van der Waals surface area (Å²) in [4.78, 5) is 10.6. The lowest BCUT2D eigenvalue weighted by atomic mass is 10.2. The molecular weight excluding hydrogens is 240 g/mol. The summed E-state index contributed by atoms with van der Waals surface area (Å²) in [5, 5.41) is 0. The van der Waals surface area contributed by atoms with Crippen LogP contribution in [0.15, 0.2) is 42.7 Å². The molecule has 0 aliphatic carbocycles. The second-order valence-electron chi connectivity index (χ2n) is 4.04. The summed E-state index contributed by atoms with van der Waals surface area (Å²) in [5.74, 6) is 1.48. The fourth-order valence-electron chi connectivity index (χ4n) is 1.80. The minimum atomic E-state index is 0.632. The largest absolute Gasteiger partial charge is 0.497 e. The number of ether oxygens (including phenoxy) is 1. The van der Waals surface area contributed by atoms with Crippen LogP contribution in [0.2, 0.25) is 0 Å². The van der Waals surface area contributed by atoms with Gasteiger partial charge in [0.25, 0.3) is 0 Å². The predicted molar refractivity (Wildman–Crippen MR) is 75.7 cm³/mol. The van der Waals surface area contributed by atoms with Crippen LogP contribution in [0.25, 0.3) is 0 Å². The van der Waals surface area contributed by atoms with Gasteiger partial charge < -0.3 is 15.4 Å². The molecule has 2 aromatic rings. The molecule has 0 fully saturated rings. The number of rotatable bonds is 6. The Morgan fingerprint density at radius 2 is 2.00 bits per heavy atom. The van der Waals surface area contributed by atoms with E-state index in [4.69, 9.17) is 10.5 Å². The van der Waals surface area contributed by atoms with E-state index in [0.29, 0.717) is 12.5 Å². The number of anilines is 2. The molecule has 5 heteroatoms. The smallest absolute Gasteiger partial charge is 0.229 e. The molecule has 0 spiro atoms. The first-order chi connectivity index (χ1) is 9.35. The van der Waals surface area contributed by atoms with Gasteiger partial charge in [0.15, 0.2) is 0 Å². The van der Waals surface area contributed by atoms with Gasteiger partial charge in [-0.3, -0.25) is 0 Å². The Bertz CT molecular complexity index is 504. The van der Waals surface area contributed by atoms with E-state index in [1.807, 2.05) is 29.2 Å². The van der Waals surface area contributed by atoms with E-state index in [2.05, 4.69) is 9.97 Å². The van der Waals surface area contributed by atoms with Crippen LogP contribution < -0.4 is 15.4 Å². The first-order valence-corrected chi connectivity index (χ1v) is 6.24. The minimum absolute atomic E-state index is 0.632. The van der Waals surface area contributed by atoms with Gasteiger partial charge in [-0.15, -0.1) is 0 Å². The molecule has 0 aliphatic rings. The standard InChI is InChI=1S/C14H18N4O/c1-19-13-6-2-5-12(11-13)18(10-3-7-15)14-16-8-4-9-17-14/h2,4-6,8-9,11H,3,7,10,15H2,1H3. The van der Waals surface area contributed by atoms with Crippen LogP contribution in [0.5, 0.6) is 5.75 Å². The van der Waals surface area contributed by atoms with Crippen molar-refractivity contribution in [3.63, 3.8) is 0 Å². The van der Waals surface area contributed by atoms with E-state index in [0.717, 1.165) is 24.4 Å². The lowest BCUT2D eigenvalue weighted by Gasteiger charge is -2.22. The van der Waals surface area contributed by atoms with Crippen LogP contribution in [0.3, 0.4) is 0 Å². The van der Waals surface area contributed by atoms with E-state index in [1.54, 1.807) is 25.6 Å². The molecule has 0 unspecified atom stereocenters. The fraction of sp³-hybridized carbons (Fsp3) is 0.286. The SMILES string of the molecule is COc1cccc(N(CCCN)c2ncccn2)c1. The maximum absolute atomic E-state index is 5.60. The number of nitrogens with two attached hydrogens (primary N) is 1. The summed E-state index contributed by atoms with van der Waals surface area (Å²) in [6.07, 6.45) is 4.34. The molecule has 0 bridgehead atoms. The lowest BCUT2D eigenvalue weighted by Crippen LogP contribution is -2.22. The van der Waals surface area contributed by atoms with Crippen molar-refractivity contribution in [2.75, 3.05) is 25.1 Å². The summed E-state index contributed by atoms with van der Waals surface area (Å²) in [7, 11) is 1.66. The van der Waals surface area contributed by atoms with Crippen molar-refractivity contribution in [1.82, 2.24) is 9.97 Å². The summed E-state index contributed by atoms with van der Waals surface area (Å²) in [6, 6.07) is 9.64. The number of hydrogen-bond acceptors (Lipinski definition) is 5. The molecular formula is C14H18N4O. The Kier molecular flexibility index (Phi) is 4.69. The number of methoxy groups -OCH3 is 1. The number of nitrogens with zero attached hydrogens (tertiary/aromatic N) is 3. The van der Waals surface area contributed by atoms with Gasteiger partial charge in [-0.05, 0) is 31.2 Å². The zero-order valence-corrected chi connectivity index (χ0v) is 11.0. The second-order valence-corrected chi connectivity index (χ2v) is 4.04. The monoisotopic (exact) mass is 258 g/mol. The average Bonchev–Trinajstić information content (AvgIpc) is 2.49. The first-order valence-electron chi connectivity index (χ1n) is 6.24. The highest BCUT2D eigenvalue weighted by atomic mass is 16.5. The molecule has 0 amide bonds. The molecule has 1 aromatic carbocycles. The lowest BCUT2D eigenvalue weighted by molar-refractivity contribution is 0.415. The van der Waals surface area contributed by atoms with Crippen molar-refractivity contribution in [2.24, 2.45) is 5.73 Å². The van der Waals surface area contributed by atoms with Gasteiger partial charge in [-0.2, -0.15) is 0 Å². The third-order valence-electron chi connectivity index (χ3n) is 2.74. The number of benzene rings is 1. The second kappa shape index (κ2) is 6.70. The van der Waals surface area contributed by atoms with Crippen molar-refractivity contribution >= 4 is 11.6 Å². The first kappa shape index (κ1) is 13.3. The van der Waals surface area contributed by atoms with Crippen molar-refractivity contribution in [2.45, 2.75) is 6.42 Å². The maximum Gasteiger partial charge on any atom is 0.229 e. The Morgan fingerprint density at radius 3 is 2.68 bits per heavy atom. The Labute approximate surface area is 113 Å². The summed E-state index contributed by atoms with van der Waals surface area (Å²) in [6.45, 7) is 1.40. The maximum atomic E-state index is 5.60. The Hall–Kier alpha value is -2.14. The van der Waals surface area contributed by atoms with Crippen LogP contribution in [0, 0.1) is 0 Å². The molecule has 0 atom stereocenters. The summed E-state index contributed by atoms with van der Waals surface area (Å²) >= 11 is 0. The third kappa shape index (κ3) is 3.42. The Balaban J connectivity index is 2.31. The van der Waals surface area contributed by atoms with Gasteiger partial charge in [-0.1, -0.05) is 6.07 Å². The van der Waals surface area contributed by atoms with Gasteiger partial charge >= 0.3 is 0 Å². The van der Waals surface area contributed by atoms with Gasteiger partial charge in [0.2, 0.25) is 5.95 Å². The van der Waals surface area contributed by atoms with E-state index in [9.17, 15) is 0 Å². The molecule has 2 N–H and O–H groups in total. The van der Waals surface area contributed by atoms with Gasteiger partial charge in [0.05, 0.1) is 7.11 Å². The van der Waals surface area contributed by atoms with Crippen molar-refractivity contribution in [3.05, 3.63) is 42.7 Å². The highest BCUT2D eigenvalue weighted by Crippen LogP contribution is 2.25. The molecule has 19 heavy (non-hydrogen) atoms. The molecule has 5 nitrogen and oxygen atoms in total. The van der Waals surface area contributed by atoms with Crippen molar-refractivity contribution in [1.29, 1.82) is 0 Å².